The minimum Gasteiger partial charge on any atom is -0.491 e. The van der Waals surface area contributed by atoms with Crippen molar-refractivity contribution in [3.63, 3.8) is 0 Å². The molecule has 1 aromatic rings. The van der Waals surface area contributed by atoms with Crippen molar-refractivity contribution in [2.45, 2.75) is 6.04 Å². The Morgan fingerprint density at radius 2 is 2.00 bits per heavy atom. The van der Waals surface area contributed by atoms with Crippen molar-refractivity contribution < 1.29 is 9.84 Å². The van der Waals surface area contributed by atoms with Crippen molar-refractivity contribution in [3.05, 3.63) is 29.8 Å². The molecule has 1 unspecified atom stereocenters. The maximum Gasteiger partial charge on any atom is 0.119 e. The zero-order valence-corrected chi connectivity index (χ0v) is 10.5. The van der Waals surface area contributed by atoms with Crippen molar-refractivity contribution >= 4 is 24.8 Å². The quantitative estimate of drug-likeness (QED) is 0.740. The Balaban J connectivity index is 0. The fraction of sp³-hybridized carbons (Fsp3) is 0.400. The van der Waals surface area contributed by atoms with Crippen LogP contribution in [0.3, 0.4) is 0 Å². The average Bonchev–Trinajstić information content (AvgIpc) is 2.25. The van der Waals surface area contributed by atoms with Crippen molar-refractivity contribution in [1.29, 1.82) is 0 Å². The van der Waals surface area contributed by atoms with Gasteiger partial charge in [0.15, 0.2) is 0 Å². The van der Waals surface area contributed by atoms with Gasteiger partial charge in [0.05, 0.1) is 6.61 Å². The van der Waals surface area contributed by atoms with E-state index in [0.29, 0.717) is 18.9 Å². The molecule has 0 saturated heterocycles. The topological polar surface area (TPSA) is 81.5 Å². The Kier molecular flexibility index (Phi) is 10.8. The van der Waals surface area contributed by atoms with Gasteiger partial charge in [0.25, 0.3) is 0 Å². The number of benzene rings is 1. The van der Waals surface area contributed by atoms with Gasteiger partial charge < -0.3 is 21.3 Å². The van der Waals surface area contributed by atoms with Crippen LogP contribution in [-0.4, -0.2) is 24.9 Å². The van der Waals surface area contributed by atoms with Crippen LogP contribution < -0.4 is 16.2 Å². The van der Waals surface area contributed by atoms with Crippen LogP contribution in [-0.2, 0) is 0 Å². The maximum absolute atomic E-state index is 8.58. The van der Waals surface area contributed by atoms with Gasteiger partial charge in [-0.2, -0.15) is 0 Å². The second kappa shape index (κ2) is 9.69. The normalized spacial score (nSPS) is 10.9. The highest BCUT2D eigenvalue weighted by Gasteiger charge is 2.04. The predicted molar refractivity (Wildman–Crippen MR) is 69.5 cm³/mol. The molecule has 4 nitrogen and oxygen atoms in total. The number of hydrogen-bond acceptors (Lipinski definition) is 4. The van der Waals surface area contributed by atoms with Gasteiger partial charge in [-0.15, -0.1) is 24.8 Å². The Hall–Kier alpha value is -0.520. The average molecular weight is 269 g/mol. The van der Waals surface area contributed by atoms with Crippen LogP contribution in [0.5, 0.6) is 5.75 Å². The van der Waals surface area contributed by atoms with E-state index in [1.165, 1.54) is 0 Å². The van der Waals surface area contributed by atoms with Crippen LogP contribution in [0.4, 0.5) is 0 Å². The molecule has 16 heavy (non-hydrogen) atoms. The Bertz CT molecular complexity index is 287. The first kappa shape index (κ1) is 17.9. The number of nitrogens with two attached hydrogens (primary N) is 2. The summed E-state index contributed by atoms with van der Waals surface area (Å²) in [6.07, 6.45) is 0. The zero-order chi connectivity index (χ0) is 10.4. The summed E-state index contributed by atoms with van der Waals surface area (Å²) in [5, 5.41) is 8.58. The zero-order valence-electron chi connectivity index (χ0n) is 8.83. The van der Waals surface area contributed by atoms with Gasteiger partial charge in [0, 0.05) is 12.6 Å². The number of ether oxygens (including phenoxy) is 1. The van der Waals surface area contributed by atoms with Crippen LogP contribution in [0.25, 0.3) is 0 Å². The summed E-state index contributed by atoms with van der Waals surface area (Å²) in [5.41, 5.74) is 12.2. The van der Waals surface area contributed by atoms with E-state index in [-0.39, 0.29) is 37.5 Å². The van der Waals surface area contributed by atoms with Crippen molar-refractivity contribution in [2.75, 3.05) is 19.8 Å². The molecule has 0 amide bonds. The third kappa shape index (κ3) is 5.53. The molecule has 0 saturated carbocycles. The van der Waals surface area contributed by atoms with Gasteiger partial charge in [-0.3, -0.25) is 0 Å². The van der Waals surface area contributed by atoms with Gasteiger partial charge in [0.1, 0.15) is 12.4 Å². The molecule has 1 aromatic carbocycles. The first-order valence-corrected chi connectivity index (χ1v) is 4.57. The molecule has 1 rings (SSSR count). The molecule has 5 N–H and O–H groups in total. The van der Waals surface area contributed by atoms with Gasteiger partial charge in [-0.1, -0.05) is 12.1 Å². The summed E-state index contributed by atoms with van der Waals surface area (Å²) in [4.78, 5) is 0. The largest absolute Gasteiger partial charge is 0.491 e. The molecule has 0 radical (unpaired) electrons. The maximum atomic E-state index is 8.58. The first-order chi connectivity index (χ1) is 6.77. The van der Waals surface area contributed by atoms with Crippen LogP contribution in [0.2, 0.25) is 0 Å². The number of aliphatic hydroxyl groups is 1. The molecule has 0 spiro atoms. The van der Waals surface area contributed by atoms with E-state index < -0.39 is 0 Å². The van der Waals surface area contributed by atoms with Crippen LogP contribution in [0.15, 0.2) is 24.3 Å². The van der Waals surface area contributed by atoms with Gasteiger partial charge in [-0.05, 0) is 17.7 Å². The summed E-state index contributed by atoms with van der Waals surface area (Å²) in [7, 11) is 0. The third-order valence-corrected chi connectivity index (χ3v) is 1.90. The molecule has 0 aliphatic carbocycles. The Morgan fingerprint density at radius 1 is 1.31 bits per heavy atom. The second-order valence-electron chi connectivity index (χ2n) is 2.99. The molecular formula is C10H18Cl2N2O2. The van der Waals surface area contributed by atoms with Gasteiger partial charge >= 0.3 is 0 Å². The number of rotatable bonds is 5. The van der Waals surface area contributed by atoms with E-state index >= 15 is 0 Å². The van der Waals surface area contributed by atoms with Crippen molar-refractivity contribution in [1.82, 2.24) is 0 Å². The molecule has 0 bridgehead atoms. The molecule has 0 heterocycles. The lowest BCUT2D eigenvalue weighted by atomic mass is 10.1. The van der Waals surface area contributed by atoms with E-state index in [9.17, 15) is 0 Å². The number of halogens is 2. The SMILES string of the molecule is Cl.Cl.NCC(N)c1cccc(OCCO)c1. The van der Waals surface area contributed by atoms with E-state index in [1.54, 1.807) is 0 Å². The van der Waals surface area contributed by atoms with Crippen molar-refractivity contribution in [3.8, 4) is 5.75 Å². The highest BCUT2D eigenvalue weighted by atomic mass is 35.5. The molecule has 0 aliphatic heterocycles. The fourth-order valence-corrected chi connectivity index (χ4v) is 1.13. The molecule has 0 aromatic heterocycles. The van der Waals surface area contributed by atoms with E-state index in [0.717, 1.165) is 5.56 Å². The second-order valence-corrected chi connectivity index (χ2v) is 2.99. The lowest BCUT2D eigenvalue weighted by Gasteiger charge is -2.11. The summed E-state index contributed by atoms with van der Waals surface area (Å²) in [6, 6.07) is 7.27. The standard InChI is InChI=1S/C10H16N2O2.2ClH/c11-7-10(12)8-2-1-3-9(6-8)14-5-4-13;;/h1-3,6,10,13H,4-5,7,11-12H2;2*1H. The monoisotopic (exact) mass is 268 g/mol. The molecule has 1 atom stereocenters. The van der Waals surface area contributed by atoms with Gasteiger partial charge in [0.2, 0.25) is 0 Å². The van der Waals surface area contributed by atoms with Crippen LogP contribution in [0, 0.1) is 0 Å². The first-order valence-electron chi connectivity index (χ1n) is 4.57. The lowest BCUT2D eigenvalue weighted by molar-refractivity contribution is 0.201. The van der Waals surface area contributed by atoms with Crippen molar-refractivity contribution in [2.24, 2.45) is 11.5 Å². The minimum atomic E-state index is -0.160. The van der Waals surface area contributed by atoms with E-state index in [1.807, 2.05) is 24.3 Å². The minimum absolute atomic E-state index is 0. The van der Waals surface area contributed by atoms with E-state index in [2.05, 4.69) is 0 Å². The Labute approximate surface area is 108 Å². The lowest BCUT2D eigenvalue weighted by Crippen LogP contribution is -2.20. The summed E-state index contributed by atoms with van der Waals surface area (Å²) in [5.74, 6) is 0.709. The van der Waals surface area contributed by atoms with Crippen LogP contribution in [0.1, 0.15) is 11.6 Å². The van der Waals surface area contributed by atoms with Crippen LogP contribution >= 0.6 is 24.8 Å². The third-order valence-electron chi connectivity index (χ3n) is 1.90. The number of aliphatic hydroxyl groups excluding tert-OH is 1. The predicted octanol–water partition coefficient (Wildman–Crippen LogP) is 0.860. The molecule has 0 fully saturated rings. The molecule has 0 aliphatic rings. The highest BCUT2D eigenvalue weighted by molar-refractivity contribution is 5.85. The van der Waals surface area contributed by atoms with E-state index in [4.69, 9.17) is 21.3 Å². The smallest absolute Gasteiger partial charge is 0.119 e. The number of hydrogen-bond donors (Lipinski definition) is 3. The summed E-state index contributed by atoms with van der Waals surface area (Å²) >= 11 is 0. The molecule has 6 heteroatoms. The van der Waals surface area contributed by atoms with Gasteiger partial charge in [-0.25, -0.2) is 0 Å². The Morgan fingerprint density at radius 3 is 2.56 bits per heavy atom. The molecule has 94 valence electrons. The summed E-state index contributed by atoms with van der Waals surface area (Å²) < 4.78 is 5.24. The molecular weight excluding hydrogens is 251 g/mol. The fourth-order valence-electron chi connectivity index (χ4n) is 1.13. The summed E-state index contributed by atoms with van der Waals surface area (Å²) in [6.45, 7) is 0.706. The highest BCUT2D eigenvalue weighted by Crippen LogP contribution is 2.17.